The van der Waals surface area contributed by atoms with Crippen LogP contribution in [0.5, 0.6) is 5.75 Å². The molecule has 0 atom stereocenters. The molecule has 9 heteroatoms. The van der Waals surface area contributed by atoms with E-state index in [4.69, 9.17) is 10.5 Å². The highest BCUT2D eigenvalue weighted by molar-refractivity contribution is 7.98. The zero-order chi connectivity index (χ0) is 21.1. The molecule has 152 valence electrons. The summed E-state index contributed by atoms with van der Waals surface area (Å²) in [5.41, 5.74) is 6.55. The number of imidazole rings is 1. The second-order valence-corrected chi connectivity index (χ2v) is 7.42. The molecule has 2 N–H and O–H groups in total. The van der Waals surface area contributed by atoms with E-state index in [1.807, 2.05) is 41.1 Å². The van der Waals surface area contributed by atoms with Gasteiger partial charge in [0.2, 0.25) is 5.91 Å². The van der Waals surface area contributed by atoms with Crippen LogP contribution in [0.1, 0.15) is 5.82 Å². The van der Waals surface area contributed by atoms with E-state index in [2.05, 4.69) is 9.97 Å². The van der Waals surface area contributed by atoms with Crippen LogP contribution in [0, 0.1) is 0 Å². The van der Waals surface area contributed by atoms with Crippen LogP contribution >= 0.6 is 11.8 Å². The fourth-order valence-electron chi connectivity index (χ4n) is 3.13. The third kappa shape index (κ3) is 3.92. The maximum atomic E-state index is 12.9. The molecule has 0 aliphatic carbocycles. The molecule has 0 saturated carbocycles. The molecule has 2 aromatic heterocycles. The lowest BCUT2D eigenvalue weighted by Crippen LogP contribution is -2.31. The van der Waals surface area contributed by atoms with Gasteiger partial charge in [-0.15, -0.1) is 0 Å². The van der Waals surface area contributed by atoms with Crippen molar-refractivity contribution in [2.75, 3.05) is 7.11 Å². The Bertz CT molecular complexity index is 1280. The lowest BCUT2D eigenvalue weighted by atomic mass is 10.2. The molecule has 0 aliphatic heterocycles. The highest BCUT2D eigenvalue weighted by Gasteiger charge is 2.15. The Balaban J connectivity index is 1.68. The van der Waals surface area contributed by atoms with E-state index in [1.165, 1.54) is 16.3 Å². The normalized spacial score (nSPS) is 11.0. The molecular formula is C21H19N5O3S. The van der Waals surface area contributed by atoms with E-state index < -0.39 is 5.91 Å². The Morgan fingerprint density at radius 1 is 1.20 bits per heavy atom. The smallest absolute Gasteiger partial charge is 0.261 e. The minimum Gasteiger partial charge on any atom is -0.497 e. The van der Waals surface area contributed by atoms with Crippen LogP contribution in [0.15, 0.2) is 70.9 Å². The Kier molecular flexibility index (Phi) is 5.53. The fraction of sp³-hybridized carbons (Fsp3) is 0.143. The van der Waals surface area contributed by atoms with Crippen molar-refractivity contribution in [3.63, 3.8) is 0 Å². The standard InChI is InChI=1S/C21H19N5O3S/c1-29-15-6-4-5-14(11-15)25-10-9-23-21(25)30-13-19-24-17-8-3-2-7-16(17)20(28)26(19)12-18(22)27/h2-11H,12-13H2,1H3,(H2,22,27). The molecule has 1 amide bonds. The number of nitrogens with zero attached hydrogens (tertiary/aromatic N) is 4. The molecule has 4 aromatic rings. The van der Waals surface area contributed by atoms with Gasteiger partial charge in [-0.2, -0.15) is 0 Å². The molecule has 8 nitrogen and oxygen atoms in total. The summed E-state index contributed by atoms with van der Waals surface area (Å²) in [6.07, 6.45) is 3.55. The third-order valence-corrected chi connectivity index (χ3v) is 5.49. The van der Waals surface area contributed by atoms with Crippen LogP contribution < -0.4 is 16.0 Å². The molecule has 0 saturated heterocycles. The van der Waals surface area contributed by atoms with E-state index in [0.717, 1.165) is 16.6 Å². The van der Waals surface area contributed by atoms with Crippen LogP contribution in [0.25, 0.3) is 16.6 Å². The number of primary amides is 1. The molecule has 0 unspecified atom stereocenters. The number of para-hydroxylation sites is 1. The summed E-state index contributed by atoms with van der Waals surface area (Å²) >= 11 is 1.41. The lowest BCUT2D eigenvalue weighted by molar-refractivity contribution is -0.118. The number of benzene rings is 2. The number of aromatic nitrogens is 4. The van der Waals surface area contributed by atoms with Gasteiger partial charge in [0.15, 0.2) is 5.16 Å². The topological polar surface area (TPSA) is 105 Å². The van der Waals surface area contributed by atoms with Gasteiger partial charge in [0.1, 0.15) is 18.1 Å². The number of fused-ring (bicyclic) bond motifs is 1. The molecule has 30 heavy (non-hydrogen) atoms. The molecular weight excluding hydrogens is 402 g/mol. The summed E-state index contributed by atoms with van der Waals surface area (Å²) in [6, 6.07) is 14.7. The maximum absolute atomic E-state index is 12.9. The number of ether oxygens (including phenoxy) is 1. The molecule has 2 heterocycles. The molecule has 0 fully saturated rings. The van der Waals surface area contributed by atoms with Crippen LogP contribution in [0.3, 0.4) is 0 Å². The van der Waals surface area contributed by atoms with E-state index in [1.54, 1.807) is 31.5 Å². The number of carbonyl (C=O) groups is 1. The molecule has 0 aliphatic rings. The van der Waals surface area contributed by atoms with Gasteiger partial charge >= 0.3 is 0 Å². The first-order chi connectivity index (χ1) is 14.6. The van der Waals surface area contributed by atoms with Crippen LogP contribution in [-0.4, -0.2) is 32.1 Å². The van der Waals surface area contributed by atoms with Crippen LogP contribution in [-0.2, 0) is 17.1 Å². The fourth-order valence-corrected chi connectivity index (χ4v) is 4.04. The number of hydrogen-bond donors (Lipinski definition) is 1. The monoisotopic (exact) mass is 421 g/mol. The van der Waals surface area contributed by atoms with Crippen molar-refractivity contribution in [3.05, 3.63) is 77.1 Å². The zero-order valence-electron chi connectivity index (χ0n) is 16.2. The van der Waals surface area contributed by atoms with Crippen molar-refractivity contribution < 1.29 is 9.53 Å². The average molecular weight is 421 g/mol. The lowest BCUT2D eigenvalue weighted by Gasteiger charge is -2.13. The predicted octanol–water partition coefficient (Wildman–Crippen LogP) is 2.37. The first-order valence-corrected chi connectivity index (χ1v) is 10.1. The van der Waals surface area contributed by atoms with E-state index in [-0.39, 0.29) is 12.1 Å². The van der Waals surface area contributed by atoms with Gasteiger partial charge in [0.05, 0.1) is 29.5 Å². The second kappa shape index (κ2) is 8.42. The maximum Gasteiger partial charge on any atom is 0.261 e. The molecule has 0 spiro atoms. The van der Waals surface area contributed by atoms with Gasteiger partial charge in [-0.1, -0.05) is 30.0 Å². The minimum atomic E-state index is -0.599. The molecule has 2 aromatic carbocycles. The summed E-state index contributed by atoms with van der Waals surface area (Å²) in [5.74, 6) is 0.943. The zero-order valence-corrected chi connectivity index (χ0v) is 17.0. The number of nitrogens with two attached hydrogens (primary N) is 1. The summed E-state index contributed by atoms with van der Waals surface area (Å²) in [6.45, 7) is -0.225. The molecule has 4 rings (SSSR count). The van der Waals surface area contributed by atoms with Crippen molar-refractivity contribution in [2.24, 2.45) is 5.73 Å². The summed E-state index contributed by atoms with van der Waals surface area (Å²) in [7, 11) is 1.62. The Labute approximate surface area is 176 Å². The number of rotatable bonds is 7. The van der Waals surface area contributed by atoms with Gasteiger partial charge < -0.3 is 10.5 Å². The number of methoxy groups -OCH3 is 1. The summed E-state index contributed by atoms with van der Waals surface area (Å²) in [4.78, 5) is 33.4. The van der Waals surface area contributed by atoms with Gasteiger partial charge in [0, 0.05) is 18.5 Å². The van der Waals surface area contributed by atoms with E-state index >= 15 is 0 Å². The van der Waals surface area contributed by atoms with Gasteiger partial charge in [-0.3, -0.25) is 18.7 Å². The third-order valence-electron chi connectivity index (χ3n) is 4.52. The minimum absolute atomic E-state index is 0.225. The van der Waals surface area contributed by atoms with E-state index in [9.17, 15) is 9.59 Å². The number of hydrogen-bond acceptors (Lipinski definition) is 6. The number of carbonyl (C=O) groups excluding carboxylic acids is 1. The quantitative estimate of drug-likeness (QED) is 0.459. The highest BCUT2D eigenvalue weighted by Crippen LogP contribution is 2.25. The Morgan fingerprint density at radius 2 is 2.03 bits per heavy atom. The van der Waals surface area contributed by atoms with Gasteiger partial charge in [0.25, 0.3) is 5.56 Å². The largest absolute Gasteiger partial charge is 0.497 e. The SMILES string of the molecule is COc1cccc(-n2ccnc2SCc2nc3ccccc3c(=O)n2CC(N)=O)c1. The summed E-state index contributed by atoms with van der Waals surface area (Å²) in [5, 5.41) is 1.17. The van der Waals surface area contributed by atoms with Crippen LogP contribution in [0.2, 0.25) is 0 Å². The van der Waals surface area contributed by atoms with Crippen molar-refractivity contribution >= 4 is 28.6 Å². The van der Waals surface area contributed by atoms with Crippen molar-refractivity contribution in [1.29, 1.82) is 0 Å². The Morgan fingerprint density at radius 3 is 2.83 bits per heavy atom. The second-order valence-electron chi connectivity index (χ2n) is 6.47. The van der Waals surface area contributed by atoms with Crippen LogP contribution in [0.4, 0.5) is 0 Å². The summed E-state index contributed by atoms with van der Waals surface area (Å²) < 4.78 is 8.55. The van der Waals surface area contributed by atoms with Crippen molar-refractivity contribution in [2.45, 2.75) is 17.5 Å². The average Bonchev–Trinajstić information content (AvgIpc) is 3.23. The molecule has 0 bridgehead atoms. The van der Waals surface area contributed by atoms with Crippen molar-refractivity contribution in [1.82, 2.24) is 19.1 Å². The highest BCUT2D eigenvalue weighted by atomic mass is 32.2. The number of amides is 1. The first-order valence-electron chi connectivity index (χ1n) is 9.14. The molecule has 0 radical (unpaired) electrons. The van der Waals surface area contributed by atoms with E-state index in [0.29, 0.717) is 22.5 Å². The Hall–Kier alpha value is -3.59. The predicted molar refractivity (Wildman–Crippen MR) is 115 cm³/mol. The van der Waals surface area contributed by atoms with Crippen molar-refractivity contribution in [3.8, 4) is 11.4 Å². The first kappa shape index (κ1) is 19.7. The van der Waals surface area contributed by atoms with Gasteiger partial charge in [-0.25, -0.2) is 9.97 Å². The number of thioether (sulfide) groups is 1. The van der Waals surface area contributed by atoms with Gasteiger partial charge in [-0.05, 0) is 24.3 Å².